The van der Waals surface area contributed by atoms with Crippen molar-refractivity contribution in [2.75, 3.05) is 20.8 Å². The van der Waals surface area contributed by atoms with Crippen LogP contribution in [0, 0.1) is 0 Å². The van der Waals surface area contributed by atoms with Gasteiger partial charge >= 0.3 is 5.97 Å². The van der Waals surface area contributed by atoms with E-state index in [2.05, 4.69) is 5.32 Å². The summed E-state index contributed by atoms with van der Waals surface area (Å²) in [6, 6.07) is 3.51. The summed E-state index contributed by atoms with van der Waals surface area (Å²) in [6.45, 7) is -0.474. The van der Waals surface area contributed by atoms with Gasteiger partial charge in [0.15, 0.2) is 6.29 Å². The van der Waals surface area contributed by atoms with Gasteiger partial charge in [-0.25, -0.2) is 4.79 Å². The Morgan fingerprint density at radius 3 is 2.03 bits per heavy atom. The summed E-state index contributed by atoms with van der Waals surface area (Å²) in [6.07, 6.45) is -0.663. The number of aliphatic carboxylic acids is 1. The van der Waals surface area contributed by atoms with Crippen molar-refractivity contribution in [1.82, 2.24) is 10.2 Å². The number of carboxylic acids is 1. The molecule has 3 N–H and O–H groups in total. The molecule has 10 heteroatoms. The van der Waals surface area contributed by atoms with Gasteiger partial charge in [0.1, 0.15) is 12.1 Å². The number of nitrogens with zero attached hydrogens (tertiary/aromatic N) is 1. The molecule has 0 radical (unpaired) electrons. The van der Waals surface area contributed by atoms with Gasteiger partial charge in [-0.15, -0.1) is 0 Å². The van der Waals surface area contributed by atoms with Gasteiger partial charge < -0.3 is 25.0 Å². The maximum atomic E-state index is 12.8. The van der Waals surface area contributed by atoms with Crippen LogP contribution in [0.3, 0.4) is 0 Å². The van der Waals surface area contributed by atoms with Crippen molar-refractivity contribution in [2.45, 2.75) is 37.6 Å². The number of imide groups is 1. The van der Waals surface area contributed by atoms with Crippen LogP contribution in [-0.4, -0.2) is 78.0 Å². The van der Waals surface area contributed by atoms with Gasteiger partial charge in [-0.3, -0.25) is 19.3 Å². The molecule has 0 saturated carbocycles. The van der Waals surface area contributed by atoms with Crippen LogP contribution in [0.4, 0.5) is 0 Å². The molecule has 1 aromatic carbocycles. The van der Waals surface area contributed by atoms with Gasteiger partial charge in [0.25, 0.3) is 11.8 Å². The molecule has 0 unspecified atom stereocenters. The third kappa shape index (κ3) is 4.97. The molecule has 0 aromatic heterocycles. The van der Waals surface area contributed by atoms with Crippen LogP contribution < -0.4 is 5.32 Å². The molecule has 1 aliphatic rings. The molecule has 0 bridgehead atoms. The molecule has 3 amide bonds. The summed E-state index contributed by atoms with van der Waals surface area (Å²) in [5, 5.41) is 21.1. The monoisotopic (exact) mass is 408 g/mol. The highest BCUT2D eigenvalue weighted by Gasteiger charge is 2.43. The zero-order valence-electron chi connectivity index (χ0n) is 16.2. The summed E-state index contributed by atoms with van der Waals surface area (Å²) < 4.78 is 10.0. The van der Waals surface area contributed by atoms with Crippen LogP contribution in [-0.2, 0) is 19.1 Å². The molecule has 10 nitrogen and oxygen atoms in total. The standard InChI is InChI=1S/C19H24N2O8/c1-28-15(29-2)8-7-13(19(26)27)20-16(23)14(9-10-22)21-17(24)11-5-3-4-6-12(11)18(21)25/h3-6,13-15,22H,7-10H2,1-2H3,(H,20,23)(H,26,27)/t13-,14+/m0/s1. The minimum atomic E-state index is -1.34. The highest BCUT2D eigenvalue weighted by Crippen LogP contribution is 2.25. The summed E-state index contributed by atoms with van der Waals surface area (Å²) in [5.41, 5.74) is 0.317. The van der Waals surface area contributed by atoms with E-state index in [9.17, 15) is 29.4 Å². The molecule has 0 spiro atoms. The molecule has 0 saturated heterocycles. The largest absolute Gasteiger partial charge is 0.480 e. The molecule has 2 rings (SSSR count). The smallest absolute Gasteiger partial charge is 0.326 e. The van der Waals surface area contributed by atoms with E-state index in [1.54, 1.807) is 12.1 Å². The second-order valence-electron chi connectivity index (χ2n) is 6.43. The quantitative estimate of drug-likeness (QED) is 0.343. The summed E-state index contributed by atoms with van der Waals surface area (Å²) in [4.78, 5) is 50.3. The van der Waals surface area contributed by atoms with Crippen molar-refractivity contribution in [3.63, 3.8) is 0 Å². The average Bonchev–Trinajstić information content (AvgIpc) is 2.96. The number of rotatable bonds is 11. The molecule has 158 valence electrons. The Hall–Kier alpha value is -2.82. The second kappa shape index (κ2) is 10.1. The Balaban J connectivity index is 2.17. The van der Waals surface area contributed by atoms with Gasteiger partial charge in [0, 0.05) is 33.7 Å². The number of amides is 3. The van der Waals surface area contributed by atoms with E-state index >= 15 is 0 Å². The van der Waals surface area contributed by atoms with Crippen molar-refractivity contribution in [1.29, 1.82) is 0 Å². The van der Waals surface area contributed by atoms with E-state index in [4.69, 9.17) is 9.47 Å². The Labute approximate surface area is 167 Å². The van der Waals surface area contributed by atoms with Crippen molar-refractivity contribution in [2.24, 2.45) is 0 Å². The molecule has 29 heavy (non-hydrogen) atoms. The zero-order chi connectivity index (χ0) is 21.6. The fourth-order valence-electron chi connectivity index (χ4n) is 3.15. The van der Waals surface area contributed by atoms with Crippen molar-refractivity contribution >= 4 is 23.7 Å². The molecular formula is C19H24N2O8. The molecule has 1 aliphatic heterocycles. The number of aliphatic hydroxyl groups excluding tert-OH is 1. The first-order chi connectivity index (χ1) is 13.8. The topological polar surface area (TPSA) is 142 Å². The fourth-order valence-corrected chi connectivity index (χ4v) is 3.15. The van der Waals surface area contributed by atoms with E-state index in [0.717, 1.165) is 4.90 Å². The number of aliphatic hydroxyl groups is 1. The number of ether oxygens (including phenoxy) is 2. The maximum Gasteiger partial charge on any atom is 0.326 e. The van der Waals surface area contributed by atoms with Crippen LogP contribution >= 0.6 is 0 Å². The Morgan fingerprint density at radius 1 is 1.03 bits per heavy atom. The second-order valence-corrected chi connectivity index (χ2v) is 6.43. The first kappa shape index (κ1) is 22.5. The third-order valence-electron chi connectivity index (χ3n) is 4.67. The number of hydrogen-bond acceptors (Lipinski definition) is 7. The summed E-state index contributed by atoms with van der Waals surface area (Å²) >= 11 is 0. The predicted molar refractivity (Wildman–Crippen MR) is 99.0 cm³/mol. The average molecular weight is 408 g/mol. The van der Waals surface area contributed by atoms with Crippen LogP contribution in [0.1, 0.15) is 40.0 Å². The number of hydrogen-bond donors (Lipinski definition) is 3. The van der Waals surface area contributed by atoms with Gasteiger partial charge in [0.05, 0.1) is 11.1 Å². The lowest BCUT2D eigenvalue weighted by atomic mass is 10.1. The van der Waals surface area contributed by atoms with Crippen molar-refractivity contribution < 1.29 is 38.9 Å². The highest BCUT2D eigenvalue weighted by atomic mass is 16.7. The highest BCUT2D eigenvalue weighted by molar-refractivity contribution is 6.22. The molecule has 1 aromatic rings. The minimum Gasteiger partial charge on any atom is -0.480 e. The van der Waals surface area contributed by atoms with Gasteiger partial charge in [0.2, 0.25) is 5.91 Å². The predicted octanol–water partition coefficient (Wildman–Crippen LogP) is 0.00210. The first-order valence-corrected chi connectivity index (χ1v) is 9.02. The van der Waals surface area contributed by atoms with E-state index in [-0.39, 0.29) is 30.4 Å². The number of carbonyl (C=O) groups excluding carboxylic acids is 3. The van der Waals surface area contributed by atoms with Crippen LogP contribution in [0.5, 0.6) is 0 Å². The number of fused-ring (bicyclic) bond motifs is 1. The van der Waals surface area contributed by atoms with Gasteiger partial charge in [-0.1, -0.05) is 12.1 Å². The van der Waals surface area contributed by atoms with Crippen LogP contribution in [0.15, 0.2) is 24.3 Å². The van der Waals surface area contributed by atoms with Gasteiger partial charge in [-0.2, -0.15) is 0 Å². The molecule has 0 aliphatic carbocycles. The lowest BCUT2D eigenvalue weighted by Crippen LogP contribution is -2.53. The van der Waals surface area contributed by atoms with Gasteiger partial charge in [-0.05, 0) is 18.6 Å². The molecular weight excluding hydrogens is 384 g/mol. The number of benzene rings is 1. The Bertz CT molecular complexity index is 742. The minimum absolute atomic E-state index is 0.00137. The number of nitrogens with one attached hydrogen (secondary N) is 1. The summed E-state index contributed by atoms with van der Waals surface area (Å²) in [7, 11) is 2.81. The van der Waals surface area contributed by atoms with Crippen LogP contribution in [0.25, 0.3) is 0 Å². The lowest BCUT2D eigenvalue weighted by molar-refractivity contribution is -0.144. The number of carboxylic acid groups (broad SMARTS) is 1. The van der Waals surface area contributed by atoms with E-state index in [1.807, 2.05) is 0 Å². The SMILES string of the molecule is COC(CC[C@H](NC(=O)[C@@H](CCO)N1C(=O)c2ccccc2C1=O)C(=O)O)OC. The third-order valence-corrected chi connectivity index (χ3v) is 4.67. The van der Waals surface area contributed by atoms with E-state index < -0.39 is 48.7 Å². The first-order valence-electron chi connectivity index (χ1n) is 9.02. The molecule has 2 atom stereocenters. The van der Waals surface area contributed by atoms with E-state index in [0.29, 0.717) is 0 Å². The Kier molecular flexibility index (Phi) is 7.82. The van der Waals surface area contributed by atoms with Crippen LogP contribution in [0.2, 0.25) is 0 Å². The molecule has 1 heterocycles. The Morgan fingerprint density at radius 2 is 1.59 bits per heavy atom. The zero-order valence-corrected chi connectivity index (χ0v) is 16.2. The van der Waals surface area contributed by atoms with E-state index in [1.165, 1.54) is 26.4 Å². The normalized spacial score (nSPS) is 15.4. The number of methoxy groups -OCH3 is 2. The van der Waals surface area contributed by atoms with Crippen molar-refractivity contribution in [3.8, 4) is 0 Å². The molecule has 0 fully saturated rings. The lowest BCUT2D eigenvalue weighted by Gasteiger charge is -2.26. The number of carbonyl (C=O) groups is 4. The fraction of sp³-hybridized carbons (Fsp3) is 0.474. The maximum absolute atomic E-state index is 12.8. The van der Waals surface area contributed by atoms with Crippen molar-refractivity contribution in [3.05, 3.63) is 35.4 Å². The summed E-state index contributed by atoms with van der Waals surface area (Å²) in [5.74, 6) is -3.45.